The highest BCUT2D eigenvalue weighted by molar-refractivity contribution is 5.96. The summed E-state index contributed by atoms with van der Waals surface area (Å²) in [6, 6.07) is 2.19. The molecule has 134 valence electrons. The Morgan fingerprint density at radius 2 is 1.83 bits per heavy atom. The van der Waals surface area contributed by atoms with Crippen LogP contribution in [0.4, 0.5) is 19.3 Å². The van der Waals surface area contributed by atoms with Crippen LogP contribution in [0.3, 0.4) is 0 Å². The maximum Gasteiger partial charge on any atom is 0.408 e. The molecule has 0 spiro atoms. The van der Waals surface area contributed by atoms with Crippen LogP contribution in [-0.4, -0.2) is 23.6 Å². The van der Waals surface area contributed by atoms with Gasteiger partial charge in [0.1, 0.15) is 11.6 Å². The molecule has 0 heterocycles. The Hall–Kier alpha value is -2.18. The summed E-state index contributed by atoms with van der Waals surface area (Å²) in [6.07, 6.45) is -0.0840. The highest BCUT2D eigenvalue weighted by atomic mass is 19.2. The van der Waals surface area contributed by atoms with Gasteiger partial charge in [-0.1, -0.05) is 20.3 Å². The van der Waals surface area contributed by atoms with E-state index in [9.17, 15) is 18.4 Å². The number of hydrogen-bond donors (Lipinski definition) is 2. The smallest absolute Gasteiger partial charge is 0.408 e. The van der Waals surface area contributed by atoms with E-state index in [1.165, 1.54) is 6.07 Å². The summed E-state index contributed by atoms with van der Waals surface area (Å²) in [7, 11) is 0. The Kier molecular flexibility index (Phi) is 6.69. The molecule has 1 rings (SSSR count). The zero-order valence-corrected chi connectivity index (χ0v) is 14.6. The third-order valence-corrected chi connectivity index (χ3v) is 3.35. The van der Waals surface area contributed by atoms with Crippen molar-refractivity contribution in [1.29, 1.82) is 0 Å². The fraction of sp³-hybridized carbons (Fsp3) is 0.529. The van der Waals surface area contributed by atoms with E-state index < -0.39 is 35.3 Å². The monoisotopic (exact) mass is 342 g/mol. The predicted molar refractivity (Wildman–Crippen MR) is 87.6 cm³/mol. The fourth-order valence-electron chi connectivity index (χ4n) is 1.93. The minimum Gasteiger partial charge on any atom is -0.444 e. The largest absolute Gasteiger partial charge is 0.444 e. The van der Waals surface area contributed by atoms with Crippen LogP contribution in [0, 0.1) is 17.6 Å². The van der Waals surface area contributed by atoms with E-state index >= 15 is 0 Å². The zero-order valence-electron chi connectivity index (χ0n) is 14.6. The van der Waals surface area contributed by atoms with Gasteiger partial charge < -0.3 is 15.4 Å². The molecule has 0 saturated heterocycles. The van der Waals surface area contributed by atoms with Gasteiger partial charge in [0.2, 0.25) is 5.91 Å². The van der Waals surface area contributed by atoms with Gasteiger partial charge in [-0.05, 0) is 38.8 Å². The van der Waals surface area contributed by atoms with Gasteiger partial charge in [-0.25, -0.2) is 13.6 Å². The normalized spacial score (nSPS) is 13.8. The SMILES string of the molecule is CCC(C)C(NC(=O)OC(C)(C)C)C(=O)Nc1ccc(F)c(F)c1. The van der Waals surface area contributed by atoms with Crippen molar-refractivity contribution in [2.24, 2.45) is 5.92 Å². The molecule has 0 aliphatic rings. The molecule has 0 radical (unpaired) electrons. The lowest BCUT2D eigenvalue weighted by Crippen LogP contribution is -2.49. The van der Waals surface area contributed by atoms with Crippen molar-refractivity contribution in [3.8, 4) is 0 Å². The van der Waals surface area contributed by atoms with E-state index in [4.69, 9.17) is 4.74 Å². The van der Waals surface area contributed by atoms with Gasteiger partial charge in [-0.15, -0.1) is 0 Å². The Bertz CT molecular complexity index is 600. The van der Waals surface area contributed by atoms with E-state index in [-0.39, 0.29) is 11.6 Å². The number of carbonyl (C=O) groups excluding carboxylic acids is 2. The number of ether oxygens (including phenoxy) is 1. The van der Waals surface area contributed by atoms with E-state index in [1.54, 1.807) is 27.7 Å². The van der Waals surface area contributed by atoms with Gasteiger partial charge in [0, 0.05) is 11.8 Å². The number of carbonyl (C=O) groups is 2. The van der Waals surface area contributed by atoms with Gasteiger partial charge in [0.25, 0.3) is 0 Å². The maximum atomic E-state index is 13.2. The quantitative estimate of drug-likeness (QED) is 0.854. The average molecular weight is 342 g/mol. The lowest BCUT2D eigenvalue weighted by Gasteiger charge is -2.26. The first kappa shape index (κ1) is 19.9. The first-order valence-corrected chi connectivity index (χ1v) is 7.79. The number of alkyl carbamates (subject to hydrolysis) is 1. The molecule has 0 aliphatic carbocycles. The van der Waals surface area contributed by atoms with Crippen LogP contribution >= 0.6 is 0 Å². The molecule has 2 amide bonds. The van der Waals surface area contributed by atoms with E-state index in [0.29, 0.717) is 6.42 Å². The summed E-state index contributed by atoms with van der Waals surface area (Å²) in [5.41, 5.74) is -0.584. The second-order valence-electron chi connectivity index (χ2n) is 6.63. The Morgan fingerprint density at radius 1 is 1.21 bits per heavy atom. The second kappa shape index (κ2) is 8.08. The molecule has 1 aromatic rings. The zero-order chi connectivity index (χ0) is 18.5. The molecule has 5 nitrogen and oxygen atoms in total. The van der Waals surface area contributed by atoms with E-state index in [1.807, 2.05) is 6.92 Å². The molecular weight excluding hydrogens is 318 g/mol. The average Bonchev–Trinajstić information content (AvgIpc) is 2.46. The highest BCUT2D eigenvalue weighted by Crippen LogP contribution is 2.16. The maximum absolute atomic E-state index is 13.2. The van der Waals surface area contributed by atoms with E-state index in [0.717, 1.165) is 12.1 Å². The van der Waals surface area contributed by atoms with Gasteiger partial charge >= 0.3 is 6.09 Å². The molecule has 0 saturated carbocycles. The number of amides is 2. The van der Waals surface area contributed by atoms with Crippen molar-refractivity contribution in [2.45, 2.75) is 52.7 Å². The molecule has 0 fully saturated rings. The number of benzene rings is 1. The van der Waals surface area contributed by atoms with Crippen molar-refractivity contribution in [2.75, 3.05) is 5.32 Å². The molecular formula is C17H24F2N2O3. The second-order valence-corrected chi connectivity index (χ2v) is 6.63. The molecule has 24 heavy (non-hydrogen) atoms. The van der Waals surface area contributed by atoms with Crippen LogP contribution in [-0.2, 0) is 9.53 Å². The van der Waals surface area contributed by atoms with Crippen LogP contribution in [0.25, 0.3) is 0 Å². The van der Waals surface area contributed by atoms with Gasteiger partial charge in [0.05, 0.1) is 0 Å². The molecule has 2 unspecified atom stereocenters. The topological polar surface area (TPSA) is 67.4 Å². The number of halogens is 2. The molecule has 1 aromatic carbocycles. The van der Waals surface area contributed by atoms with E-state index in [2.05, 4.69) is 10.6 Å². The van der Waals surface area contributed by atoms with Crippen LogP contribution in [0.5, 0.6) is 0 Å². The van der Waals surface area contributed by atoms with Gasteiger partial charge in [-0.2, -0.15) is 0 Å². The van der Waals surface area contributed by atoms with Crippen molar-refractivity contribution >= 4 is 17.7 Å². The van der Waals surface area contributed by atoms with Crippen molar-refractivity contribution in [3.05, 3.63) is 29.8 Å². The Labute approximate surface area is 140 Å². The summed E-state index contributed by atoms with van der Waals surface area (Å²) in [5, 5.41) is 5.01. The molecule has 2 N–H and O–H groups in total. The lowest BCUT2D eigenvalue weighted by atomic mass is 9.98. The van der Waals surface area contributed by atoms with Gasteiger partial charge in [0.15, 0.2) is 11.6 Å². The third kappa shape index (κ3) is 6.14. The predicted octanol–water partition coefficient (Wildman–Crippen LogP) is 3.84. The van der Waals surface area contributed by atoms with Crippen LogP contribution in [0.1, 0.15) is 41.0 Å². The van der Waals surface area contributed by atoms with Gasteiger partial charge in [-0.3, -0.25) is 4.79 Å². The Morgan fingerprint density at radius 3 is 2.33 bits per heavy atom. The minimum absolute atomic E-state index is 0.109. The standard InChI is InChI=1S/C17H24F2N2O3/c1-6-10(2)14(21-16(23)24-17(3,4)5)15(22)20-11-7-8-12(18)13(19)9-11/h7-10,14H,6H2,1-5H3,(H,20,22)(H,21,23). The summed E-state index contributed by atoms with van der Waals surface area (Å²) >= 11 is 0. The summed E-state index contributed by atoms with van der Waals surface area (Å²) in [6.45, 7) is 8.82. The highest BCUT2D eigenvalue weighted by Gasteiger charge is 2.28. The number of anilines is 1. The summed E-state index contributed by atoms with van der Waals surface area (Å²) in [4.78, 5) is 24.3. The van der Waals surface area contributed by atoms with Crippen LogP contribution in [0.15, 0.2) is 18.2 Å². The Balaban J connectivity index is 2.85. The first-order valence-electron chi connectivity index (χ1n) is 7.79. The minimum atomic E-state index is -1.06. The number of hydrogen-bond acceptors (Lipinski definition) is 3. The third-order valence-electron chi connectivity index (χ3n) is 3.35. The molecule has 0 aromatic heterocycles. The lowest BCUT2D eigenvalue weighted by molar-refractivity contribution is -0.119. The first-order chi connectivity index (χ1) is 11.0. The van der Waals surface area contributed by atoms with Crippen molar-refractivity contribution in [1.82, 2.24) is 5.32 Å². The summed E-state index contributed by atoms with van der Waals surface area (Å²) < 4.78 is 31.3. The molecule has 0 bridgehead atoms. The van der Waals surface area contributed by atoms with Crippen molar-refractivity contribution < 1.29 is 23.1 Å². The summed E-state index contributed by atoms with van der Waals surface area (Å²) in [5.74, 6) is -2.77. The van der Waals surface area contributed by atoms with Crippen LogP contribution in [0.2, 0.25) is 0 Å². The fourth-order valence-corrected chi connectivity index (χ4v) is 1.93. The molecule has 0 aliphatic heterocycles. The van der Waals surface area contributed by atoms with Crippen LogP contribution < -0.4 is 10.6 Å². The number of nitrogens with one attached hydrogen (secondary N) is 2. The molecule has 2 atom stereocenters. The number of rotatable bonds is 5. The van der Waals surface area contributed by atoms with Crippen molar-refractivity contribution in [3.63, 3.8) is 0 Å². The molecule has 7 heteroatoms.